The maximum absolute atomic E-state index is 12.3. The Balaban J connectivity index is 2.18. The van der Waals surface area contributed by atoms with Crippen LogP contribution in [0.25, 0.3) is 0 Å². The second kappa shape index (κ2) is 7.04. The van der Waals surface area contributed by atoms with E-state index in [-0.39, 0.29) is 11.6 Å². The number of aryl methyl sites for hydroxylation is 1. The molecular weight excluding hydrogens is 288 g/mol. The number of nitrogens with zero attached hydrogens (tertiary/aromatic N) is 2. The predicted octanol–water partition coefficient (Wildman–Crippen LogP) is 3.51. The van der Waals surface area contributed by atoms with Gasteiger partial charge in [-0.25, -0.2) is 4.98 Å². The standard InChI is InChI=1S/C15H17ClN4O/c1-3-6-18-13-5-4-12(16)14(20-13)15(21)19-11-7-10(2)8-17-9-11/h4-5,7-9H,3,6H2,1-2H3,(H,18,20)(H,19,21). The molecule has 2 heterocycles. The van der Waals surface area contributed by atoms with Crippen LogP contribution in [0.5, 0.6) is 0 Å². The molecule has 0 bridgehead atoms. The predicted molar refractivity (Wildman–Crippen MR) is 85.0 cm³/mol. The van der Waals surface area contributed by atoms with Crippen molar-refractivity contribution in [2.45, 2.75) is 20.3 Å². The summed E-state index contributed by atoms with van der Waals surface area (Å²) in [6.07, 6.45) is 4.27. The molecule has 0 fully saturated rings. The lowest BCUT2D eigenvalue weighted by Crippen LogP contribution is -2.15. The van der Waals surface area contributed by atoms with Crippen molar-refractivity contribution in [3.05, 3.63) is 46.9 Å². The molecule has 5 nitrogen and oxygen atoms in total. The van der Waals surface area contributed by atoms with Gasteiger partial charge in [0.1, 0.15) is 11.5 Å². The first-order valence-corrected chi connectivity index (χ1v) is 7.11. The Morgan fingerprint density at radius 1 is 1.33 bits per heavy atom. The lowest BCUT2D eigenvalue weighted by atomic mass is 10.2. The number of carbonyl (C=O) groups is 1. The third-order valence-electron chi connectivity index (χ3n) is 2.75. The molecule has 1 amide bonds. The van der Waals surface area contributed by atoms with E-state index in [0.717, 1.165) is 18.5 Å². The first-order valence-electron chi connectivity index (χ1n) is 6.73. The Morgan fingerprint density at radius 2 is 2.14 bits per heavy atom. The molecule has 0 atom stereocenters. The molecule has 0 unspecified atom stereocenters. The van der Waals surface area contributed by atoms with Crippen LogP contribution < -0.4 is 10.6 Å². The van der Waals surface area contributed by atoms with Crippen LogP contribution in [0, 0.1) is 6.92 Å². The molecule has 0 radical (unpaired) electrons. The highest BCUT2D eigenvalue weighted by Crippen LogP contribution is 2.18. The smallest absolute Gasteiger partial charge is 0.275 e. The zero-order valence-corrected chi connectivity index (χ0v) is 12.7. The summed E-state index contributed by atoms with van der Waals surface area (Å²) in [6.45, 7) is 4.75. The van der Waals surface area contributed by atoms with Gasteiger partial charge in [0.05, 0.1) is 16.9 Å². The van der Waals surface area contributed by atoms with E-state index in [1.54, 1.807) is 24.5 Å². The lowest BCUT2D eigenvalue weighted by Gasteiger charge is -2.09. The van der Waals surface area contributed by atoms with E-state index >= 15 is 0 Å². The van der Waals surface area contributed by atoms with Gasteiger partial charge < -0.3 is 10.6 Å². The minimum atomic E-state index is -0.354. The van der Waals surface area contributed by atoms with Gasteiger partial charge in [-0.1, -0.05) is 18.5 Å². The van der Waals surface area contributed by atoms with Crippen molar-refractivity contribution in [2.24, 2.45) is 0 Å². The van der Waals surface area contributed by atoms with Gasteiger partial charge in [-0.3, -0.25) is 9.78 Å². The third-order valence-corrected chi connectivity index (χ3v) is 3.06. The normalized spacial score (nSPS) is 10.2. The summed E-state index contributed by atoms with van der Waals surface area (Å²) < 4.78 is 0. The summed E-state index contributed by atoms with van der Waals surface area (Å²) in [5.41, 5.74) is 1.77. The molecule has 0 spiro atoms. The van der Waals surface area contributed by atoms with Gasteiger partial charge >= 0.3 is 0 Å². The van der Waals surface area contributed by atoms with Crippen molar-refractivity contribution in [2.75, 3.05) is 17.2 Å². The van der Waals surface area contributed by atoms with E-state index in [1.165, 1.54) is 0 Å². The van der Waals surface area contributed by atoms with Crippen molar-refractivity contribution < 1.29 is 4.79 Å². The number of hydrogen-bond donors (Lipinski definition) is 2. The monoisotopic (exact) mass is 304 g/mol. The number of anilines is 2. The third kappa shape index (κ3) is 4.16. The molecule has 0 saturated heterocycles. The number of carbonyl (C=O) groups excluding carboxylic acids is 1. The second-order valence-electron chi connectivity index (χ2n) is 4.66. The number of rotatable bonds is 5. The fourth-order valence-corrected chi connectivity index (χ4v) is 1.96. The fourth-order valence-electron chi connectivity index (χ4n) is 1.77. The Kier molecular flexibility index (Phi) is 5.11. The summed E-state index contributed by atoms with van der Waals surface area (Å²) in [6, 6.07) is 5.25. The van der Waals surface area contributed by atoms with Crippen molar-refractivity contribution in [1.29, 1.82) is 0 Å². The molecule has 2 N–H and O–H groups in total. The molecule has 6 heteroatoms. The average molecular weight is 305 g/mol. The molecule has 2 aromatic rings. The molecule has 0 aliphatic rings. The number of amides is 1. The Hall–Kier alpha value is -2.14. The Bertz CT molecular complexity index is 645. The van der Waals surface area contributed by atoms with Gasteiger partial charge in [0.15, 0.2) is 0 Å². The van der Waals surface area contributed by atoms with Crippen LogP contribution in [0.2, 0.25) is 5.02 Å². The van der Waals surface area contributed by atoms with Gasteiger partial charge in [0, 0.05) is 12.7 Å². The average Bonchev–Trinajstić information content (AvgIpc) is 2.46. The molecule has 0 aromatic carbocycles. The lowest BCUT2D eigenvalue weighted by molar-refractivity contribution is 0.102. The highest BCUT2D eigenvalue weighted by molar-refractivity contribution is 6.34. The van der Waals surface area contributed by atoms with Gasteiger partial charge in [0.25, 0.3) is 5.91 Å². The van der Waals surface area contributed by atoms with Gasteiger partial charge in [0.2, 0.25) is 0 Å². The van der Waals surface area contributed by atoms with Crippen LogP contribution in [-0.2, 0) is 0 Å². The summed E-state index contributed by atoms with van der Waals surface area (Å²) in [5, 5.41) is 6.19. The minimum absolute atomic E-state index is 0.194. The highest BCUT2D eigenvalue weighted by atomic mass is 35.5. The molecule has 2 rings (SSSR count). The summed E-state index contributed by atoms with van der Waals surface area (Å²) in [7, 11) is 0. The molecular formula is C15H17ClN4O. The van der Waals surface area contributed by atoms with Crippen molar-refractivity contribution >= 4 is 29.0 Å². The SMILES string of the molecule is CCCNc1ccc(Cl)c(C(=O)Nc2cncc(C)c2)n1. The number of aromatic nitrogens is 2. The first kappa shape index (κ1) is 15.3. The maximum atomic E-state index is 12.3. The largest absolute Gasteiger partial charge is 0.370 e. The van der Waals surface area contributed by atoms with Crippen molar-refractivity contribution in [3.8, 4) is 0 Å². The topological polar surface area (TPSA) is 66.9 Å². The number of hydrogen-bond acceptors (Lipinski definition) is 4. The van der Waals surface area contributed by atoms with Crippen LogP contribution in [-0.4, -0.2) is 22.4 Å². The van der Waals surface area contributed by atoms with E-state index < -0.39 is 0 Å². The fraction of sp³-hybridized carbons (Fsp3) is 0.267. The van der Waals surface area contributed by atoms with Crippen LogP contribution in [0.1, 0.15) is 29.4 Å². The van der Waals surface area contributed by atoms with Gasteiger partial charge in [-0.2, -0.15) is 0 Å². The van der Waals surface area contributed by atoms with E-state index in [2.05, 4.69) is 27.5 Å². The molecule has 2 aromatic heterocycles. The van der Waals surface area contributed by atoms with Gasteiger partial charge in [-0.05, 0) is 37.1 Å². The molecule has 110 valence electrons. The summed E-state index contributed by atoms with van der Waals surface area (Å²) in [4.78, 5) is 20.5. The van der Waals surface area contributed by atoms with E-state index in [0.29, 0.717) is 16.5 Å². The zero-order valence-electron chi connectivity index (χ0n) is 12.0. The summed E-state index contributed by atoms with van der Waals surface area (Å²) >= 11 is 6.06. The van der Waals surface area contributed by atoms with E-state index in [4.69, 9.17) is 11.6 Å². The number of pyridine rings is 2. The van der Waals surface area contributed by atoms with Crippen molar-refractivity contribution in [1.82, 2.24) is 9.97 Å². The molecule has 0 saturated carbocycles. The first-order chi connectivity index (χ1) is 10.1. The molecule has 0 aliphatic carbocycles. The quantitative estimate of drug-likeness (QED) is 0.887. The van der Waals surface area contributed by atoms with E-state index in [1.807, 2.05) is 13.0 Å². The molecule has 0 aliphatic heterocycles. The zero-order chi connectivity index (χ0) is 15.2. The Labute approximate surface area is 128 Å². The summed E-state index contributed by atoms with van der Waals surface area (Å²) in [5.74, 6) is 0.279. The van der Waals surface area contributed by atoms with Crippen molar-refractivity contribution in [3.63, 3.8) is 0 Å². The van der Waals surface area contributed by atoms with Crippen LogP contribution in [0.15, 0.2) is 30.6 Å². The minimum Gasteiger partial charge on any atom is -0.370 e. The number of nitrogens with one attached hydrogen (secondary N) is 2. The second-order valence-corrected chi connectivity index (χ2v) is 5.07. The Morgan fingerprint density at radius 3 is 2.86 bits per heavy atom. The number of halogens is 1. The van der Waals surface area contributed by atoms with E-state index in [9.17, 15) is 4.79 Å². The van der Waals surface area contributed by atoms with Crippen LogP contribution >= 0.6 is 11.6 Å². The van der Waals surface area contributed by atoms with Gasteiger partial charge in [-0.15, -0.1) is 0 Å². The van der Waals surface area contributed by atoms with Crippen LogP contribution in [0.4, 0.5) is 11.5 Å². The highest BCUT2D eigenvalue weighted by Gasteiger charge is 2.13. The maximum Gasteiger partial charge on any atom is 0.275 e. The van der Waals surface area contributed by atoms with Crippen LogP contribution in [0.3, 0.4) is 0 Å². The molecule has 21 heavy (non-hydrogen) atoms.